The van der Waals surface area contributed by atoms with Gasteiger partial charge >= 0.3 is 0 Å². The number of nitrogens with one attached hydrogen (secondary N) is 1. The van der Waals surface area contributed by atoms with Gasteiger partial charge in [0.1, 0.15) is 0 Å². The molecule has 100 valence electrons. The minimum absolute atomic E-state index is 0.238. The van der Waals surface area contributed by atoms with Crippen LogP contribution in [0.2, 0.25) is 0 Å². The number of carbonyl (C=O) groups is 1. The molecule has 1 aromatic carbocycles. The highest BCUT2D eigenvalue weighted by atomic mass is 79.9. The molecule has 0 atom stereocenters. The quantitative estimate of drug-likeness (QED) is 0.788. The Bertz CT molecular complexity index is 717. The Balaban J connectivity index is 1.76. The Morgan fingerprint density at radius 1 is 1.15 bits per heavy atom. The fourth-order valence-corrected chi connectivity index (χ4v) is 2.15. The van der Waals surface area contributed by atoms with E-state index in [0.29, 0.717) is 21.7 Å². The predicted octanol–water partition coefficient (Wildman–Crippen LogP) is 3.95. The highest BCUT2D eigenvalue weighted by Crippen LogP contribution is 2.22. The number of benzene rings is 1. The predicted molar refractivity (Wildman–Crippen MR) is 76.3 cm³/mol. The summed E-state index contributed by atoms with van der Waals surface area (Å²) in [6, 6.07) is 8.89. The summed E-state index contributed by atoms with van der Waals surface area (Å²) in [7, 11) is 0. The van der Waals surface area contributed by atoms with Crippen molar-refractivity contribution in [3.63, 3.8) is 0 Å². The molecule has 0 saturated heterocycles. The molecule has 0 aliphatic carbocycles. The summed E-state index contributed by atoms with van der Waals surface area (Å²) in [5.74, 6) is 0.443. The van der Waals surface area contributed by atoms with Crippen molar-refractivity contribution < 1.29 is 13.6 Å². The molecule has 3 aromatic rings. The number of halogens is 1. The van der Waals surface area contributed by atoms with Crippen LogP contribution in [0.4, 0.5) is 5.69 Å². The molecule has 0 saturated carbocycles. The molecule has 0 fully saturated rings. The van der Waals surface area contributed by atoms with Crippen molar-refractivity contribution in [1.82, 2.24) is 4.98 Å². The standard InChI is InChI=1S/C14H9BrN2O3/c15-13-11(5-6-19-13)14(18)17-10-3-1-9(2-4-10)12-7-16-8-20-12/h1-8H,(H,17,18). The number of oxazole rings is 1. The van der Waals surface area contributed by atoms with Crippen molar-refractivity contribution in [3.8, 4) is 11.3 Å². The zero-order valence-electron chi connectivity index (χ0n) is 10.2. The molecule has 20 heavy (non-hydrogen) atoms. The molecule has 2 heterocycles. The summed E-state index contributed by atoms with van der Waals surface area (Å²) in [5.41, 5.74) is 2.03. The number of aromatic nitrogens is 1. The van der Waals surface area contributed by atoms with Crippen LogP contribution in [0.1, 0.15) is 10.4 Å². The number of anilines is 1. The number of hydrogen-bond donors (Lipinski definition) is 1. The lowest BCUT2D eigenvalue weighted by molar-refractivity contribution is 0.102. The molecule has 5 nitrogen and oxygen atoms in total. The van der Waals surface area contributed by atoms with E-state index in [4.69, 9.17) is 8.83 Å². The zero-order valence-corrected chi connectivity index (χ0v) is 11.8. The van der Waals surface area contributed by atoms with E-state index in [2.05, 4.69) is 26.2 Å². The zero-order chi connectivity index (χ0) is 13.9. The van der Waals surface area contributed by atoms with Gasteiger partial charge in [-0.2, -0.15) is 0 Å². The second-order valence-electron chi connectivity index (χ2n) is 4.01. The van der Waals surface area contributed by atoms with Gasteiger partial charge in [-0.3, -0.25) is 4.79 Å². The average Bonchev–Trinajstić information content (AvgIpc) is 3.10. The molecule has 0 spiro atoms. The average molecular weight is 333 g/mol. The minimum Gasteiger partial charge on any atom is -0.457 e. The lowest BCUT2D eigenvalue weighted by Gasteiger charge is -2.04. The monoisotopic (exact) mass is 332 g/mol. The Labute approximate surface area is 122 Å². The van der Waals surface area contributed by atoms with Gasteiger partial charge in [0.2, 0.25) is 0 Å². The number of rotatable bonds is 3. The van der Waals surface area contributed by atoms with Crippen LogP contribution >= 0.6 is 15.9 Å². The van der Waals surface area contributed by atoms with E-state index in [1.165, 1.54) is 12.7 Å². The molecule has 3 rings (SSSR count). The molecule has 1 N–H and O–H groups in total. The van der Waals surface area contributed by atoms with E-state index in [1.54, 1.807) is 24.4 Å². The van der Waals surface area contributed by atoms with E-state index in [-0.39, 0.29) is 5.91 Å². The van der Waals surface area contributed by atoms with Crippen molar-refractivity contribution in [1.29, 1.82) is 0 Å². The molecule has 0 radical (unpaired) electrons. The van der Waals surface area contributed by atoms with Gasteiger partial charge in [0, 0.05) is 11.3 Å². The summed E-state index contributed by atoms with van der Waals surface area (Å²) in [6.45, 7) is 0. The van der Waals surface area contributed by atoms with E-state index in [9.17, 15) is 4.79 Å². The molecule has 6 heteroatoms. The number of nitrogens with zero attached hydrogens (tertiary/aromatic N) is 1. The van der Waals surface area contributed by atoms with Gasteiger partial charge in [0.05, 0.1) is 18.0 Å². The first kappa shape index (κ1) is 12.7. The van der Waals surface area contributed by atoms with Crippen LogP contribution in [0.3, 0.4) is 0 Å². The normalized spacial score (nSPS) is 10.4. The molecular weight excluding hydrogens is 324 g/mol. The number of amides is 1. The second kappa shape index (κ2) is 5.34. The van der Waals surface area contributed by atoms with E-state index in [1.807, 2.05) is 12.1 Å². The van der Waals surface area contributed by atoms with Crippen LogP contribution in [-0.2, 0) is 0 Å². The Hall–Kier alpha value is -2.34. The highest BCUT2D eigenvalue weighted by Gasteiger charge is 2.12. The van der Waals surface area contributed by atoms with Crippen molar-refractivity contribution in [3.05, 3.63) is 59.4 Å². The summed E-state index contributed by atoms with van der Waals surface area (Å²) >= 11 is 3.17. The van der Waals surface area contributed by atoms with E-state index >= 15 is 0 Å². The van der Waals surface area contributed by atoms with Crippen molar-refractivity contribution in [2.24, 2.45) is 0 Å². The Morgan fingerprint density at radius 3 is 2.55 bits per heavy atom. The van der Waals surface area contributed by atoms with Crippen LogP contribution in [0.15, 0.2) is 62.7 Å². The van der Waals surface area contributed by atoms with E-state index in [0.717, 1.165) is 5.56 Å². The second-order valence-corrected chi connectivity index (χ2v) is 4.73. The van der Waals surface area contributed by atoms with Crippen molar-refractivity contribution in [2.75, 3.05) is 5.32 Å². The van der Waals surface area contributed by atoms with Crippen LogP contribution < -0.4 is 5.32 Å². The first-order chi connectivity index (χ1) is 9.74. The molecule has 0 aliphatic heterocycles. The molecular formula is C14H9BrN2O3. The Kier molecular flexibility index (Phi) is 3.39. The molecule has 0 unspecified atom stereocenters. The smallest absolute Gasteiger partial charge is 0.260 e. The lowest BCUT2D eigenvalue weighted by Crippen LogP contribution is -2.11. The first-order valence-electron chi connectivity index (χ1n) is 5.77. The Morgan fingerprint density at radius 2 is 1.95 bits per heavy atom. The van der Waals surface area contributed by atoms with Crippen LogP contribution in [0, 0.1) is 0 Å². The van der Waals surface area contributed by atoms with Crippen LogP contribution in [0.5, 0.6) is 0 Å². The van der Waals surface area contributed by atoms with Crippen molar-refractivity contribution in [2.45, 2.75) is 0 Å². The molecule has 0 bridgehead atoms. The summed E-state index contributed by atoms with van der Waals surface area (Å²) in [5, 5.41) is 2.78. The highest BCUT2D eigenvalue weighted by molar-refractivity contribution is 9.10. The topological polar surface area (TPSA) is 68.3 Å². The number of furan rings is 1. The molecule has 1 amide bonds. The third-order valence-corrected chi connectivity index (χ3v) is 3.34. The third-order valence-electron chi connectivity index (χ3n) is 2.72. The SMILES string of the molecule is O=C(Nc1ccc(-c2cnco2)cc1)c1ccoc1Br. The largest absolute Gasteiger partial charge is 0.457 e. The van der Waals surface area contributed by atoms with Gasteiger partial charge in [0.15, 0.2) is 16.8 Å². The van der Waals surface area contributed by atoms with Crippen LogP contribution in [-0.4, -0.2) is 10.9 Å². The van der Waals surface area contributed by atoms with Gasteiger partial charge in [-0.1, -0.05) is 0 Å². The summed E-state index contributed by atoms with van der Waals surface area (Å²) in [4.78, 5) is 15.8. The molecule has 2 aromatic heterocycles. The van der Waals surface area contributed by atoms with Gasteiger partial charge in [-0.15, -0.1) is 0 Å². The third kappa shape index (κ3) is 2.50. The van der Waals surface area contributed by atoms with Gasteiger partial charge in [0.25, 0.3) is 5.91 Å². The van der Waals surface area contributed by atoms with Crippen LogP contribution in [0.25, 0.3) is 11.3 Å². The fourth-order valence-electron chi connectivity index (χ4n) is 1.73. The molecule has 0 aliphatic rings. The van der Waals surface area contributed by atoms with Gasteiger partial charge in [-0.05, 0) is 46.3 Å². The fraction of sp³-hybridized carbons (Fsp3) is 0. The maximum atomic E-state index is 12.0. The van der Waals surface area contributed by atoms with Gasteiger partial charge in [-0.25, -0.2) is 4.98 Å². The minimum atomic E-state index is -0.238. The summed E-state index contributed by atoms with van der Waals surface area (Å²) < 4.78 is 10.6. The maximum Gasteiger partial charge on any atom is 0.260 e. The first-order valence-corrected chi connectivity index (χ1v) is 6.56. The maximum absolute atomic E-state index is 12.0. The number of carbonyl (C=O) groups excluding carboxylic acids is 1. The van der Waals surface area contributed by atoms with Crippen molar-refractivity contribution >= 4 is 27.5 Å². The summed E-state index contributed by atoms with van der Waals surface area (Å²) in [6.07, 6.45) is 4.46. The van der Waals surface area contributed by atoms with Gasteiger partial charge < -0.3 is 14.2 Å². The number of hydrogen-bond acceptors (Lipinski definition) is 4. The van der Waals surface area contributed by atoms with E-state index < -0.39 is 0 Å². The lowest BCUT2D eigenvalue weighted by atomic mass is 10.1.